The molecule has 0 rings (SSSR count). The molecule has 0 amide bonds. The molecule has 0 bridgehead atoms. The van der Waals surface area contributed by atoms with Crippen LogP contribution in [0, 0.1) is 0 Å². The number of carbonyl (C=O) groups excluding carboxylic acids is 2. The third kappa shape index (κ3) is 67.3. The Hall–Kier alpha value is -3.18. The van der Waals surface area contributed by atoms with Gasteiger partial charge in [0.1, 0.15) is 6.61 Å². The summed E-state index contributed by atoms with van der Waals surface area (Å²) < 4.78 is 10.7. The van der Waals surface area contributed by atoms with Crippen molar-refractivity contribution in [2.45, 2.75) is 354 Å². The fourth-order valence-corrected chi connectivity index (χ4v) is 10.2. The first-order valence-electron chi connectivity index (χ1n) is 34.8. The maximum Gasteiger partial charge on any atom is 0.306 e. The Labute approximate surface area is 498 Å². The fraction of sp³-hybridized carbons (Fsp3) is 0.760. The summed E-state index contributed by atoms with van der Waals surface area (Å²) >= 11 is 0. The van der Waals surface area contributed by atoms with E-state index in [1.165, 1.54) is 231 Å². The van der Waals surface area contributed by atoms with Crippen LogP contribution in [0.3, 0.4) is 0 Å². The Morgan fingerprint density at radius 1 is 0.300 bits per heavy atom. The highest BCUT2D eigenvalue weighted by molar-refractivity contribution is 5.70. The van der Waals surface area contributed by atoms with Crippen LogP contribution in [0.2, 0.25) is 0 Å². The average Bonchev–Trinajstić information content (AvgIpc) is 3.46. The first-order chi connectivity index (χ1) is 39.6. The molecular weight excluding hydrogens is 981 g/mol. The molecule has 1 atom stereocenters. The summed E-state index contributed by atoms with van der Waals surface area (Å²) in [6.45, 7) is 4.05. The van der Waals surface area contributed by atoms with E-state index in [2.05, 4.69) is 111 Å². The zero-order valence-electron chi connectivity index (χ0n) is 53.1. The van der Waals surface area contributed by atoms with Gasteiger partial charge in [0, 0.05) is 12.8 Å². The molecule has 0 fully saturated rings. The largest absolute Gasteiger partial charge is 0.462 e. The molecule has 5 nitrogen and oxygen atoms in total. The smallest absolute Gasteiger partial charge is 0.306 e. The van der Waals surface area contributed by atoms with E-state index in [0.29, 0.717) is 12.8 Å². The number of esters is 2. The van der Waals surface area contributed by atoms with Crippen molar-refractivity contribution in [1.29, 1.82) is 0 Å². The monoisotopic (exact) mass is 1110 g/mol. The molecule has 0 aromatic carbocycles. The van der Waals surface area contributed by atoms with Gasteiger partial charge in [0.05, 0.1) is 6.61 Å². The van der Waals surface area contributed by atoms with Crippen LogP contribution in [0.15, 0.2) is 97.2 Å². The van der Waals surface area contributed by atoms with E-state index in [0.717, 1.165) is 89.9 Å². The molecule has 0 aliphatic heterocycles. The lowest BCUT2D eigenvalue weighted by atomic mass is 10.0. The molecule has 0 aliphatic rings. The Morgan fingerprint density at radius 3 is 0.825 bits per heavy atom. The van der Waals surface area contributed by atoms with E-state index < -0.39 is 6.10 Å². The van der Waals surface area contributed by atoms with Gasteiger partial charge in [-0.05, 0) is 96.3 Å². The molecule has 462 valence electrons. The molecule has 0 aromatic rings. The van der Waals surface area contributed by atoms with Crippen LogP contribution in [-0.2, 0) is 19.1 Å². The Morgan fingerprint density at radius 2 is 0.537 bits per heavy atom. The van der Waals surface area contributed by atoms with Gasteiger partial charge in [-0.1, -0.05) is 336 Å². The van der Waals surface area contributed by atoms with E-state index in [9.17, 15) is 14.7 Å². The second-order valence-electron chi connectivity index (χ2n) is 23.2. The third-order valence-corrected chi connectivity index (χ3v) is 15.4. The first kappa shape index (κ1) is 76.8. The molecule has 0 saturated carbocycles. The zero-order chi connectivity index (χ0) is 57.6. The van der Waals surface area contributed by atoms with Crippen molar-refractivity contribution in [2.24, 2.45) is 0 Å². The fourth-order valence-electron chi connectivity index (χ4n) is 10.2. The van der Waals surface area contributed by atoms with Crippen molar-refractivity contribution >= 4 is 11.9 Å². The highest BCUT2D eigenvalue weighted by Crippen LogP contribution is 2.18. The lowest BCUT2D eigenvalue weighted by molar-refractivity contribution is -0.161. The molecule has 0 heterocycles. The molecule has 0 saturated heterocycles. The van der Waals surface area contributed by atoms with Crippen molar-refractivity contribution in [3.8, 4) is 0 Å². The number of rotatable bonds is 64. The normalized spacial score (nSPS) is 12.8. The molecule has 1 N–H and O–H groups in total. The Kier molecular flexibility index (Phi) is 67.3. The highest BCUT2D eigenvalue weighted by atomic mass is 16.6. The summed E-state index contributed by atoms with van der Waals surface area (Å²) in [4.78, 5) is 24.6. The van der Waals surface area contributed by atoms with Gasteiger partial charge in [0.15, 0.2) is 6.10 Å². The number of hydrogen-bond donors (Lipinski definition) is 1. The summed E-state index contributed by atoms with van der Waals surface area (Å²) in [6, 6.07) is 0. The van der Waals surface area contributed by atoms with Gasteiger partial charge in [-0.15, -0.1) is 0 Å². The molecule has 5 heteroatoms. The van der Waals surface area contributed by atoms with Crippen LogP contribution in [-0.4, -0.2) is 36.4 Å². The van der Waals surface area contributed by atoms with Crippen LogP contribution >= 0.6 is 0 Å². The van der Waals surface area contributed by atoms with E-state index in [1.807, 2.05) is 0 Å². The maximum atomic E-state index is 12.4. The van der Waals surface area contributed by atoms with Crippen molar-refractivity contribution in [1.82, 2.24) is 0 Å². The quantitative estimate of drug-likeness (QED) is 0.0373. The lowest BCUT2D eigenvalue weighted by Crippen LogP contribution is -2.28. The molecule has 0 aliphatic carbocycles. The Balaban J connectivity index is 3.46. The predicted molar refractivity (Wildman–Crippen MR) is 352 cm³/mol. The lowest BCUT2D eigenvalue weighted by Gasteiger charge is -2.15. The third-order valence-electron chi connectivity index (χ3n) is 15.4. The number of allylic oxidation sites excluding steroid dienone is 16. The van der Waals surface area contributed by atoms with Crippen LogP contribution in [0.5, 0.6) is 0 Å². The first-order valence-corrected chi connectivity index (χ1v) is 34.8. The molecule has 1 unspecified atom stereocenters. The summed E-state index contributed by atoms with van der Waals surface area (Å²) in [5, 5.41) is 9.70. The standard InChI is InChI=1S/C75H132O5/c1-3-5-7-9-11-13-15-17-19-21-23-25-27-29-31-33-34-35-36-37-38-39-40-42-43-45-47-49-51-53-55-57-59-61-63-65-67-69-74(77)79-72-73(71-76)80-75(78)70-68-66-64-62-60-58-56-54-52-50-48-46-44-41-32-30-28-26-24-22-20-18-16-14-12-10-8-6-4-2/h6,8,12,14,18,20-21,23-24,26,30,32,44,46,50,52,73,76H,3-5,7,9-11,13,15-17,19,22,25,27-29,31,33-43,45,47-49,51,53-72H2,1-2H3/b8-6-,14-12-,20-18-,23-21-,26-24-,32-30-,46-44-,52-50-. The Bertz CT molecular complexity index is 1500. The van der Waals surface area contributed by atoms with Crippen LogP contribution in [0.1, 0.15) is 348 Å². The number of unbranched alkanes of at least 4 members (excludes halogenated alkanes) is 40. The molecule has 80 heavy (non-hydrogen) atoms. The van der Waals surface area contributed by atoms with Crippen molar-refractivity contribution in [3.05, 3.63) is 97.2 Å². The highest BCUT2D eigenvalue weighted by Gasteiger charge is 2.16. The van der Waals surface area contributed by atoms with Gasteiger partial charge in [-0.2, -0.15) is 0 Å². The summed E-state index contributed by atoms with van der Waals surface area (Å²) in [6.07, 6.45) is 100. The molecule has 0 radical (unpaired) electrons. The minimum Gasteiger partial charge on any atom is -0.462 e. The van der Waals surface area contributed by atoms with Gasteiger partial charge in [-0.3, -0.25) is 9.59 Å². The average molecular weight is 1110 g/mol. The molecule has 0 aromatic heterocycles. The van der Waals surface area contributed by atoms with Crippen molar-refractivity contribution in [2.75, 3.05) is 13.2 Å². The topological polar surface area (TPSA) is 72.8 Å². The minimum atomic E-state index is -0.784. The SMILES string of the molecule is CC/C=C\C/C=C\C/C=C\C/C=C\C/C=C\C/C=C\C/C=C\CCCCCCCCCC(=O)OC(CO)COC(=O)CCCCCCCCCCCCCCCCCCCCCCCCCCC/C=C\CCCCCCCCCC. The summed E-state index contributed by atoms with van der Waals surface area (Å²) in [5.74, 6) is -0.594. The molecule has 0 spiro atoms. The predicted octanol–water partition coefficient (Wildman–Crippen LogP) is 24.2. The van der Waals surface area contributed by atoms with Crippen LogP contribution < -0.4 is 0 Å². The number of ether oxygens (including phenoxy) is 2. The van der Waals surface area contributed by atoms with Crippen molar-refractivity contribution in [3.63, 3.8) is 0 Å². The zero-order valence-corrected chi connectivity index (χ0v) is 53.1. The number of aliphatic hydroxyl groups is 1. The van der Waals surface area contributed by atoms with Gasteiger partial charge < -0.3 is 14.6 Å². The van der Waals surface area contributed by atoms with Gasteiger partial charge in [0.25, 0.3) is 0 Å². The number of hydrogen-bond acceptors (Lipinski definition) is 5. The maximum absolute atomic E-state index is 12.4. The van der Waals surface area contributed by atoms with Crippen molar-refractivity contribution < 1.29 is 24.2 Å². The van der Waals surface area contributed by atoms with E-state index >= 15 is 0 Å². The number of aliphatic hydroxyl groups excluding tert-OH is 1. The van der Waals surface area contributed by atoms with Crippen LogP contribution in [0.25, 0.3) is 0 Å². The van der Waals surface area contributed by atoms with E-state index in [4.69, 9.17) is 9.47 Å². The van der Waals surface area contributed by atoms with Gasteiger partial charge >= 0.3 is 11.9 Å². The second-order valence-corrected chi connectivity index (χ2v) is 23.2. The van der Waals surface area contributed by atoms with Gasteiger partial charge in [-0.25, -0.2) is 0 Å². The number of carbonyl (C=O) groups is 2. The summed E-state index contributed by atoms with van der Waals surface area (Å²) in [5.41, 5.74) is 0. The molecular formula is C75H132O5. The minimum absolute atomic E-state index is 0.0720. The second kappa shape index (κ2) is 70.1. The van der Waals surface area contributed by atoms with E-state index in [-0.39, 0.29) is 25.2 Å². The van der Waals surface area contributed by atoms with E-state index in [1.54, 1.807) is 0 Å². The summed E-state index contributed by atoms with van der Waals surface area (Å²) in [7, 11) is 0. The van der Waals surface area contributed by atoms with Crippen LogP contribution in [0.4, 0.5) is 0 Å². The van der Waals surface area contributed by atoms with Gasteiger partial charge in [0.2, 0.25) is 0 Å².